The fraction of sp³-hybridized carbons (Fsp3) is 0. The molecule has 0 spiro atoms. The third kappa shape index (κ3) is 5.15. The molecule has 0 aliphatic carbocycles. The lowest BCUT2D eigenvalue weighted by atomic mass is 10.2. The number of carbonyl (C=O) groups excluding carboxylic acids is 2. The van der Waals surface area contributed by atoms with Crippen LogP contribution in [0.4, 0.5) is 11.4 Å². The number of nitrogens with one attached hydrogen (secondary N) is 2. The Bertz CT molecular complexity index is 1390. The summed E-state index contributed by atoms with van der Waals surface area (Å²) >= 11 is 0. The van der Waals surface area contributed by atoms with Crippen molar-refractivity contribution in [3.05, 3.63) is 108 Å². The summed E-state index contributed by atoms with van der Waals surface area (Å²) in [5.74, 6) is -1.67. The monoisotopic (exact) mass is 488 g/mol. The summed E-state index contributed by atoms with van der Waals surface area (Å²) in [6.07, 6.45) is 0. The van der Waals surface area contributed by atoms with Gasteiger partial charge in [0.05, 0.1) is 21.2 Å². The second-order valence-electron chi connectivity index (χ2n) is 7.50. The summed E-state index contributed by atoms with van der Waals surface area (Å²) in [6.45, 7) is 0. The summed E-state index contributed by atoms with van der Waals surface area (Å²) in [7, 11) is -4.14. The lowest BCUT2D eigenvalue weighted by Crippen LogP contribution is -2.13. The van der Waals surface area contributed by atoms with Gasteiger partial charge in [-0.25, -0.2) is 8.42 Å². The first-order chi connectivity index (χ1) is 16.8. The molecule has 0 saturated carbocycles. The van der Waals surface area contributed by atoms with Gasteiger partial charge in [-0.05, 0) is 60.7 Å². The van der Waals surface area contributed by atoms with Crippen molar-refractivity contribution in [2.45, 2.75) is 9.79 Å². The smallest absolute Gasteiger partial charge is 0.255 e. The number of phenolic OH excluding ortho intramolecular Hbond substituents is 2. The molecule has 9 heteroatoms. The van der Waals surface area contributed by atoms with Crippen molar-refractivity contribution in [3.63, 3.8) is 0 Å². The normalized spacial score (nSPS) is 11.0. The third-order valence-electron chi connectivity index (χ3n) is 5.12. The minimum absolute atomic E-state index is 0.0867. The van der Waals surface area contributed by atoms with Crippen LogP contribution in [0.15, 0.2) is 107 Å². The van der Waals surface area contributed by atoms with Crippen molar-refractivity contribution in [1.82, 2.24) is 0 Å². The number of carbonyl (C=O) groups is 2. The topological polar surface area (TPSA) is 133 Å². The van der Waals surface area contributed by atoms with Crippen LogP contribution in [0.3, 0.4) is 0 Å². The van der Waals surface area contributed by atoms with Crippen LogP contribution < -0.4 is 10.6 Å². The molecule has 35 heavy (non-hydrogen) atoms. The van der Waals surface area contributed by atoms with E-state index in [1.165, 1.54) is 12.1 Å². The van der Waals surface area contributed by atoms with Crippen molar-refractivity contribution < 1.29 is 28.2 Å². The van der Waals surface area contributed by atoms with E-state index >= 15 is 0 Å². The number of anilines is 2. The van der Waals surface area contributed by atoms with Crippen molar-refractivity contribution in [2.75, 3.05) is 10.6 Å². The highest BCUT2D eigenvalue weighted by atomic mass is 32.2. The number of aromatic hydroxyl groups is 2. The molecule has 0 radical (unpaired) electrons. The second kappa shape index (κ2) is 9.70. The van der Waals surface area contributed by atoms with Gasteiger partial charge in [0, 0.05) is 11.1 Å². The molecular weight excluding hydrogens is 468 g/mol. The molecule has 0 bridgehead atoms. The van der Waals surface area contributed by atoms with E-state index in [2.05, 4.69) is 10.6 Å². The Labute approximate surface area is 201 Å². The van der Waals surface area contributed by atoms with E-state index in [0.29, 0.717) is 11.1 Å². The first kappa shape index (κ1) is 23.5. The van der Waals surface area contributed by atoms with Crippen molar-refractivity contribution in [2.24, 2.45) is 0 Å². The fourth-order valence-electron chi connectivity index (χ4n) is 3.27. The number of hydrogen-bond acceptors (Lipinski definition) is 6. The van der Waals surface area contributed by atoms with Crippen LogP contribution in [0.5, 0.6) is 11.5 Å². The summed E-state index contributed by atoms with van der Waals surface area (Å²) < 4.78 is 26.6. The van der Waals surface area contributed by atoms with Crippen LogP contribution in [0.2, 0.25) is 0 Å². The largest absolute Gasteiger partial charge is 0.506 e. The van der Waals surface area contributed by atoms with Gasteiger partial charge >= 0.3 is 0 Å². The van der Waals surface area contributed by atoms with E-state index in [1.54, 1.807) is 60.7 Å². The van der Waals surface area contributed by atoms with E-state index in [-0.39, 0.29) is 32.7 Å². The van der Waals surface area contributed by atoms with Gasteiger partial charge in [0.15, 0.2) is 0 Å². The van der Waals surface area contributed by atoms with Crippen molar-refractivity contribution in [1.29, 1.82) is 0 Å². The van der Waals surface area contributed by atoms with Gasteiger partial charge in [-0.1, -0.05) is 36.4 Å². The Balaban J connectivity index is 1.63. The van der Waals surface area contributed by atoms with Gasteiger partial charge in [0.1, 0.15) is 11.5 Å². The second-order valence-corrected chi connectivity index (χ2v) is 9.45. The molecule has 0 atom stereocenters. The first-order valence-electron chi connectivity index (χ1n) is 10.4. The maximum atomic E-state index is 13.3. The van der Waals surface area contributed by atoms with Crippen LogP contribution in [0, 0.1) is 0 Å². The van der Waals surface area contributed by atoms with E-state index in [1.807, 2.05) is 0 Å². The molecule has 0 unspecified atom stereocenters. The van der Waals surface area contributed by atoms with Gasteiger partial charge in [-0.15, -0.1) is 0 Å². The Morgan fingerprint density at radius 1 is 0.571 bits per heavy atom. The summed E-state index contributed by atoms with van der Waals surface area (Å²) in [4.78, 5) is 24.5. The molecule has 0 aromatic heterocycles. The van der Waals surface area contributed by atoms with Gasteiger partial charge in [0.2, 0.25) is 9.84 Å². The molecule has 0 heterocycles. The third-order valence-corrected chi connectivity index (χ3v) is 6.87. The minimum atomic E-state index is -4.14. The number of amides is 2. The number of benzene rings is 4. The SMILES string of the molecule is O=C(Nc1cc(S(=O)(=O)c2ccc(O)c(NC(=O)c3ccccc3)c2)ccc1O)c1ccccc1. The van der Waals surface area contributed by atoms with Gasteiger partial charge < -0.3 is 20.8 Å². The fourth-order valence-corrected chi connectivity index (χ4v) is 4.58. The maximum absolute atomic E-state index is 13.3. The molecule has 0 aliphatic rings. The number of phenols is 2. The molecule has 0 saturated heterocycles. The molecule has 176 valence electrons. The zero-order valence-electron chi connectivity index (χ0n) is 18.2. The average molecular weight is 489 g/mol. The number of rotatable bonds is 6. The molecule has 8 nitrogen and oxygen atoms in total. The highest BCUT2D eigenvalue weighted by Gasteiger charge is 2.22. The zero-order valence-corrected chi connectivity index (χ0v) is 19.0. The quantitative estimate of drug-likeness (QED) is 0.297. The lowest BCUT2D eigenvalue weighted by Gasteiger charge is -2.12. The van der Waals surface area contributed by atoms with Crippen LogP contribution >= 0.6 is 0 Å². The molecular formula is C26H20N2O6S. The van der Waals surface area contributed by atoms with E-state index in [0.717, 1.165) is 24.3 Å². The van der Waals surface area contributed by atoms with E-state index in [4.69, 9.17) is 0 Å². The van der Waals surface area contributed by atoms with Crippen LogP contribution in [-0.2, 0) is 9.84 Å². The first-order valence-corrected chi connectivity index (χ1v) is 11.9. The lowest BCUT2D eigenvalue weighted by molar-refractivity contribution is 0.101. The molecule has 4 N–H and O–H groups in total. The van der Waals surface area contributed by atoms with Crippen molar-refractivity contribution >= 4 is 33.0 Å². The molecule has 4 aromatic rings. The van der Waals surface area contributed by atoms with Gasteiger partial charge in [-0.2, -0.15) is 0 Å². The standard InChI is InChI=1S/C26H20N2O6S/c29-23-13-11-19(15-21(23)27-25(31)17-7-3-1-4-8-17)35(33,34)20-12-14-24(30)22(16-20)28-26(32)18-9-5-2-6-10-18/h1-16,29-30H,(H,27,31)(H,28,32). The predicted molar refractivity (Wildman–Crippen MR) is 130 cm³/mol. The number of hydrogen-bond donors (Lipinski definition) is 4. The van der Waals surface area contributed by atoms with Crippen LogP contribution in [0.25, 0.3) is 0 Å². The molecule has 0 fully saturated rings. The molecule has 2 amide bonds. The Hall–Kier alpha value is -4.63. The Morgan fingerprint density at radius 2 is 0.943 bits per heavy atom. The van der Waals surface area contributed by atoms with Gasteiger partial charge in [-0.3, -0.25) is 9.59 Å². The highest BCUT2D eigenvalue weighted by Crippen LogP contribution is 2.33. The predicted octanol–water partition coefficient (Wildman–Crippen LogP) is 4.44. The van der Waals surface area contributed by atoms with E-state index < -0.39 is 21.7 Å². The van der Waals surface area contributed by atoms with Crippen LogP contribution in [0.1, 0.15) is 20.7 Å². The average Bonchev–Trinajstić information content (AvgIpc) is 2.87. The summed E-state index contributed by atoms with van der Waals surface area (Å²) in [5, 5.41) is 25.3. The zero-order chi connectivity index (χ0) is 25.0. The maximum Gasteiger partial charge on any atom is 0.255 e. The number of sulfone groups is 1. The summed E-state index contributed by atoms with van der Waals surface area (Å²) in [5.41, 5.74) is 0.489. The molecule has 0 aliphatic heterocycles. The summed E-state index contributed by atoms with van der Waals surface area (Å²) in [6, 6.07) is 23.5. The van der Waals surface area contributed by atoms with Crippen LogP contribution in [-0.4, -0.2) is 30.4 Å². The molecule has 4 aromatic carbocycles. The minimum Gasteiger partial charge on any atom is -0.506 e. The highest BCUT2D eigenvalue weighted by molar-refractivity contribution is 7.91. The molecule has 4 rings (SSSR count). The Morgan fingerprint density at radius 3 is 1.31 bits per heavy atom. The van der Waals surface area contributed by atoms with Crippen molar-refractivity contribution in [3.8, 4) is 11.5 Å². The van der Waals surface area contributed by atoms with Gasteiger partial charge in [0.25, 0.3) is 11.8 Å². The van der Waals surface area contributed by atoms with E-state index in [9.17, 15) is 28.2 Å². The Kier molecular flexibility index (Phi) is 6.52.